The second kappa shape index (κ2) is 6.54. The van der Waals surface area contributed by atoms with E-state index < -0.39 is 9.84 Å². The lowest BCUT2D eigenvalue weighted by Crippen LogP contribution is -2.46. The van der Waals surface area contributed by atoms with Crippen molar-refractivity contribution in [1.29, 1.82) is 0 Å². The fraction of sp³-hybridized carbons (Fsp3) is 0.667. The maximum atomic E-state index is 11.7. The minimum atomic E-state index is -2.93. The van der Waals surface area contributed by atoms with Gasteiger partial charge in [0.2, 0.25) is 12.4 Å². The summed E-state index contributed by atoms with van der Waals surface area (Å²) in [5, 5.41) is 0. The number of carbonyl (C=O) groups is 1. The molecule has 0 N–H and O–H groups in total. The molecule has 2 fully saturated rings. The largest absolute Gasteiger partial charge is 0.355 e. The van der Waals surface area contributed by atoms with Crippen LogP contribution >= 0.6 is 0 Å². The van der Waals surface area contributed by atoms with Crippen LogP contribution < -0.4 is 9.80 Å². The highest BCUT2D eigenvalue weighted by Gasteiger charge is 2.31. The molecule has 2 aliphatic rings. The van der Waals surface area contributed by atoms with Gasteiger partial charge in [-0.1, -0.05) is 0 Å². The molecule has 0 saturated carbocycles. The summed E-state index contributed by atoms with van der Waals surface area (Å²) >= 11 is 0. The maximum Gasteiger partial charge on any atom is 0.227 e. The van der Waals surface area contributed by atoms with Crippen LogP contribution in [-0.2, 0) is 14.6 Å². The van der Waals surface area contributed by atoms with Gasteiger partial charge in [-0.25, -0.2) is 13.4 Å². The van der Waals surface area contributed by atoms with Gasteiger partial charge in [0, 0.05) is 51.0 Å². The molecule has 0 spiro atoms. The third-order valence-electron chi connectivity index (χ3n) is 4.69. The Morgan fingerprint density at radius 2 is 1.96 bits per heavy atom. The van der Waals surface area contributed by atoms with Crippen LogP contribution in [0.3, 0.4) is 0 Å². The first kappa shape index (κ1) is 16.9. The van der Waals surface area contributed by atoms with Crippen LogP contribution in [0.15, 0.2) is 6.07 Å². The molecular weight excluding hydrogens is 330 g/mol. The minimum absolute atomic E-state index is 0.0379. The Morgan fingerprint density at radius 1 is 1.25 bits per heavy atom. The molecule has 0 radical (unpaired) electrons. The second-order valence-electron chi connectivity index (χ2n) is 6.46. The standard InChI is InChI=1S/C15H23N5O3S/c1-12-9-14(18(2)13-3-8-24(22,23)10-13)17-15(16-12)20-6-4-19(11-21)5-7-20/h9,11,13H,3-8,10H2,1-2H3. The van der Waals surface area contributed by atoms with Gasteiger partial charge in [0.05, 0.1) is 11.5 Å². The minimum Gasteiger partial charge on any atom is -0.355 e. The Hall–Kier alpha value is -1.90. The van der Waals surface area contributed by atoms with Crippen LogP contribution in [0.5, 0.6) is 0 Å². The second-order valence-corrected chi connectivity index (χ2v) is 8.69. The molecule has 0 aromatic carbocycles. The normalized spacial score (nSPS) is 23.3. The number of amides is 1. The lowest BCUT2D eigenvalue weighted by atomic mass is 10.2. The molecule has 3 heterocycles. The summed E-state index contributed by atoms with van der Waals surface area (Å²) in [6, 6.07) is 1.85. The number of nitrogens with zero attached hydrogens (tertiary/aromatic N) is 5. The van der Waals surface area contributed by atoms with Crippen LogP contribution in [0.25, 0.3) is 0 Å². The molecule has 24 heavy (non-hydrogen) atoms. The molecule has 8 nitrogen and oxygen atoms in total. The number of hydrogen-bond donors (Lipinski definition) is 0. The Bertz CT molecular complexity index is 716. The number of aromatic nitrogens is 2. The third kappa shape index (κ3) is 3.61. The van der Waals surface area contributed by atoms with Crippen molar-refractivity contribution in [2.24, 2.45) is 0 Å². The van der Waals surface area contributed by atoms with Crippen molar-refractivity contribution in [2.45, 2.75) is 19.4 Å². The average Bonchev–Trinajstić information content (AvgIpc) is 2.93. The van der Waals surface area contributed by atoms with Crippen LogP contribution in [0, 0.1) is 6.92 Å². The van der Waals surface area contributed by atoms with Crippen molar-refractivity contribution >= 4 is 28.0 Å². The number of sulfone groups is 1. The number of aryl methyl sites for hydroxylation is 1. The van der Waals surface area contributed by atoms with Gasteiger partial charge in [-0.05, 0) is 13.3 Å². The maximum absolute atomic E-state index is 11.7. The van der Waals surface area contributed by atoms with Crippen LogP contribution in [0.2, 0.25) is 0 Å². The van der Waals surface area contributed by atoms with Crippen molar-refractivity contribution in [3.8, 4) is 0 Å². The predicted octanol–water partition coefficient (Wildman–Crippen LogP) is -0.313. The molecule has 9 heteroatoms. The smallest absolute Gasteiger partial charge is 0.227 e. The van der Waals surface area contributed by atoms with E-state index in [1.807, 2.05) is 24.9 Å². The molecule has 132 valence electrons. The Morgan fingerprint density at radius 3 is 2.54 bits per heavy atom. The molecule has 2 saturated heterocycles. The van der Waals surface area contributed by atoms with E-state index in [0.717, 1.165) is 17.9 Å². The molecule has 0 bridgehead atoms. The molecule has 2 aliphatic heterocycles. The van der Waals surface area contributed by atoms with Gasteiger partial charge in [-0.3, -0.25) is 4.79 Å². The number of rotatable bonds is 4. The monoisotopic (exact) mass is 353 g/mol. The number of hydrogen-bond acceptors (Lipinski definition) is 7. The molecule has 3 rings (SSSR count). The number of carbonyl (C=O) groups excluding carboxylic acids is 1. The van der Waals surface area contributed by atoms with E-state index in [1.54, 1.807) is 4.90 Å². The zero-order chi connectivity index (χ0) is 17.3. The van der Waals surface area contributed by atoms with Gasteiger partial charge in [0.25, 0.3) is 0 Å². The van der Waals surface area contributed by atoms with E-state index in [-0.39, 0.29) is 17.5 Å². The summed E-state index contributed by atoms with van der Waals surface area (Å²) in [6.07, 6.45) is 1.50. The van der Waals surface area contributed by atoms with Gasteiger partial charge < -0.3 is 14.7 Å². The summed E-state index contributed by atoms with van der Waals surface area (Å²) in [6.45, 7) is 4.63. The molecule has 1 aromatic rings. The highest BCUT2D eigenvalue weighted by molar-refractivity contribution is 7.91. The Labute approximate surface area is 142 Å². The van der Waals surface area contributed by atoms with Crippen LogP contribution in [0.1, 0.15) is 12.1 Å². The van der Waals surface area contributed by atoms with Crippen molar-refractivity contribution in [3.63, 3.8) is 0 Å². The van der Waals surface area contributed by atoms with Crippen molar-refractivity contribution < 1.29 is 13.2 Å². The van der Waals surface area contributed by atoms with Crippen molar-refractivity contribution in [3.05, 3.63) is 11.8 Å². The number of anilines is 2. The molecule has 1 aromatic heterocycles. The van der Waals surface area contributed by atoms with E-state index in [2.05, 4.69) is 14.9 Å². The van der Waals surface area contributed by atoms with E-state index in [4.69, 9.17) is 0 Å². The highest BCUT2D eigenvalue weighted by Crippen LogP contribution is 2.24. The Kier molecular flexibility index (Phi) is 4.62. The van der Waals surface area contributed by atoms with Gasteiger partial charge >= 0.3 is 0 Å². The average molecular weight is 353 g/mol. The van der Waals surface area contributed by atoms with E-state index in [0.29, 0.717) is 38.5 Å². The highest BCUT2D eigenvalue weighted by atomic mass is 32.2. The molecule has 1 amide bonds. The zero-order valence-electron chi connectivity index (χ0n) is 14.1. The lowest BCUT2D eigenvalue weighted by molar-refractivity contribution is -0.118. The first-order valence-electron chi connectivity index (χ1n) is 8.11. The predicted molar refractivity (Wildman–Crippen MR) is 92.1 cm³/mol. The first-order valence-corrected chi connectivity index (χ1v) is 9.93. The molecule has 1 unspecified atom stereocenters. The molecule has 0 aliphatic carbocycles. The third-order valence-corrected chi connectivity index (χ3v) is 6.44. The van der Waals surface area contributed by atoms with Gasteiger partial charge in [0.1, 0.15) is 5.82 Å². The van der Waals surface area contributed by atoms with E-state index >= 15 is 0 Å². The Balaban J connectivity index is 1.78. The first-order chi connectivity index (χ1) is 11.4. The topological polar surface area (TPSA) is 86.7 Å². The molecule has 1 atom stereocenters. The lowest BCUT2D eigenvalue weighted by Gasteiger charge is -2.33. The van der Waals surface area contributed by atoms with Crippen LogP contribution in [-0.4, -0.2) is 80.5 Å². The summed E-state index contributed by atoms with van der Waals surface area (Å²) in [4.78, 5) is 25.7. The summed E-state index contributed by atoms with van der Waals surface area (Å²) in [5.41, 5.74) is 0.848. The van der Waals surface area contributed by atoms with Crippen molar-refractivity contribution in [2.75, 3.05) is 54.5 Å². The van der Waals surface area contributed by atoms with Crippen LogP contribution in [0.4, 0.5) is 11.8 Å². The van der Waals surface area contributed by atoms with Gasteiger partial charge in [-0.2, -0.15) is 4.98 Å². The van der Waals surface area contributed by atoms with E-state index in [9.17, 15) is 13.2 Å². The number of piperazine rings is 1. The van der Waals surface area contributed by atoms with Gasteiger partial charge in [0.15, 0.2) is 9.84 Å². The SMILES string of the molecule is Cc1cc(N(C)C2CCS(=O)(=O)C2)nc(N2CCN(C=O)CC2)n1. The fourth-order valence-corrected chi connectivity index (χ4v) is 4.93. The quantitative estimate of drug-likeness (QED) is 0.686. The fourth-order valence-electron chi connectivity index (χ4n) is 3.15. The molecular formula is C15H23N5O3S. The van der Waals surface area contributed by atoms with Crippen molar-refractivity contribution in [1.82, 2.24) is 14.9 Å². The van der Waals surface area contributed by atoms with Gasteiger partial charge in [-0.15, -0.1) is 0 Å². The van der Waals surface area contributed by atoms with E-state index in [1.165, 1.54) is 0 Å². The summed E-state index contributed by atoms with van der Waals surface area (Å²) in [7, 11) is -1.04. The summed E-state index contributed by atoms with van der Waals surface area (Å²) in [5.74, 6) is 1.81. The zero-order valence-corrected chi connectivity index (χ0v) is 14.9. The summed E-state index contributed by atoms with van der Waals surface area (Å²) < 4.78 is 23.4.